The van der Waals surface area contributed by atoms with E-state index in [-0.39, 0.29) is 58.4 Å². The number of nitrogens with zero attached hydrogens (tertiary/aromatic N) is 1. The number of halogens is 3. The number of alkyl halides is 1. The maximum Gasteiger partial charge on any atom is 0.312 e. The van der Waals surface area contributed by atoms with Gasteiger partial charge in [-0.15, -0.1) is 24.8 Å². The molecule has 53 heavy (non-hydrogen) atoms. The van der Waals surface area contributed by atoms with Gasteiger partial charge < -0.3 is 15.3 Å². The van der Waals surface area contributed by atoms with Crippen molar-refractivity contribution in [3.63, 3.8) is 0 Å². The Labute approximate surface area is 332 Å². The molecule has 1 saturated heterocycles. The van der Waals surface area contributed by atoms with Crippen molar-refractivity contribution in [3.05, 3.63) is 35.5 Å². The van der Waals surface area contributed by atoms with E-state index in [0.29, 0.717) is 67.0 Å². The fraction of sp³-hybridized carbons (Fsp3) is 0.837. The van der Waals surface area contributed by atoms with Crippen LogP contribution in [0, 0.1) is 56.7 Å². The third-order valence-electron chi connectivity index (χ3n) is 17.7. The van der Waals surface area contributed by atoms with E-state index in [2.05, 4.69) is 70.5 Å². The van der Waals surface area contributed by atoms with Gasteiger partial charge in [-0.3, -0.25) is 4.79 Å². The van der Waals surface area contributed by atoms with Crippen LogP contribution in [0.25, 0.3) is 0 Å². The Kier molecular flexibility index (Phi) is 12.0. The molecule has 7 aliphatic rings. The highest BCUT2D eigenvalue weighted by molar-refractivity contribution is 7.91. The second-order valence-electron chi connectivity index (χ2n) is 20.0. The molecule has 0 aromatic rings. The van der Waals surface area contributed by atoms with Gasteiger partial charge in [0.2, 0.25) is 0 Å². The molecule has 1 aliphatic heterocycles. The fourth-order valence-corrected chi connectivity index (χ4v) is 15.8. The summed E-state index contributed by atoms with van der Waals surface area (Å²) in [6.07, 6.45) is 16.9. The van der Waals surface area contributed by atoms with E-state index in [1.54, 1.807) is 0 Å². The minimum Gasteiger partial charge on any atom is -0.481 e. The molecule has 1 heterocycles. The number of sulfone groups is 1. The third-order valence-corrected chi connectivity index (χ3v) is 19.3. The van der Waals surface area contributed by atoms with Gasteiger partial charge in [0.05, 0.1) is 16.9 Å². The predicted octanol–water partition coefficient (Wildman–Crippen LogP) is 9.25. The predicted molar refractivity (Wildman–Crippen MR) is 218 cm³/mol. The number of hydrogen-bond donors (Lipinski definition) is 2. The molecule has 0 aromatic carbocycles. The van der Waals surface area contributed by atoms with E-state index in [0.717, 1.165) is 19.5 Å². The van der Waals surface area contributed by atoms with Crippen LogP contribution < -0.4 is 5.32 Å². The van der Waals surface area contributed by atoms with Gasteiger partial charge in [-0.05, 0) is 146 Å². The van der Waals surface area contributed by atoms with E-state index in [9.17, 15) is 22.7 Å². The van der Waals surface area contributed by atoms with Gasteiger partial charge in [-0.1, -0.05) is 58.9 Å². The number of aliphatic carboxylic acids is 1. The molecule has 302 valence electrons. The van der Waals surface area contributed by atoms with E-state index in [1.807, 2.05) is 0 Å². The Balaban J connectivity index is 0.00000271. The zero-order valence-electron chi connectivity index (χ0n) is 33.4. The van der Waals surface area contributed by atoms with Crippen molar-refractivity contribution >= 4 is 40.6 Å². The molecule has 4 saturated carbocycles. The van der Waals surface area contributed by atoms with Crippen LogP contribution in [-0.2, 0) is 14.6 Å². The number of allylic oxidation sites excluding steroid dienone is 5. The summed E-state index contributed by atoms with van der Waals surface area (Å²) in [5.74, 6) is 2.58. The quantitative estimate of drug-likeness (QED) is 0.238. The number of carboxylic acid groups (broad SMARTS) is 1. The van der Waals surface area contributed by atoms with Gasteiger partial charge in [-0.25, -0.2) is 12.8 Å². The number of carbonyl (C=O) groups is 1. The number of carboxylic acids is 1. The van der Waals surface area contributed by atoms with Crippen LogP contribution in [0.2, 0.25) is 0 Å². The lowest BCUT2D eigenvalue weighted by molar-refractivity contribution is -0.221. The molecule has 10 heteroatoms. The minimum absolute atomic E-state index is 0. The monoisotopic (exact) mass is 798 g/mol. The fourth-order valence-electron chi connectivity index (χ4n) is 14.6. The number of fused-ring (bicyclic) bond motifs is 7. The Hall–Kier alpha value is -0.930. The summed E-state index contributed by atoms with van der Waals surface area (Å²) in [6, 6.07) is 0. The molecule has 7 rings (SSSR count). The maximum atomic E-state index is 14.0. The first-order chi connectivity index (χ1) is 23.9. The van der Waals surface area contributed by atoms with Gasteiger partial charge in [0.15, 0.2) is 9.84 Å². The van der Waals surface area contributed by atoms with Gasteiger partial charge in [0, 0.05) is 31.7 Å². The Morgan fingerprint density at radius 1 is 0.925 bits per heavy atom. The van der Waals surface area contributed by atoms with Crippen LogP contribution in [0.4, 0.5) is 4.39 Å². The molecule has 0 spiro atoms. The summed E-state index contributed by atoms with van der Waals surface area (Å²) in [7, 11) is -2.87. The summed E-state index contributed by atoms with van der Waals surface area (Å²) in [4.78, 5) is 14.3. The van der Waals surface area contributed by atoms with Crippen molar-refractivity contribution in [2.45, 2.75) is 124 Å². The van der Waals surface area contributed by atoms with Crippen LogP contribution in [0.1, 0.15) is 119 Å². The van der Waals surface area contributed by atoms with E-state index < -0.39 is 27.9 Å². The molecule has 0 aromatic heterocycles. The first kappa shape index (κ1) is 43.2. The molecule has 0 radical (unpaired) electrons. The van der Waals surface area contributed by atoms with Crippen molar-refractivity contribution in [2.24, 2.45) is 56.7 Å². The highest BCUT2D eigenvalue weighted by Gasteiger charge is 2.70. The summed E-state index contributed by atoms with van der Waals surface area (Å²) in [5, 5.41) is 14.0. The van der Waals surface area contributed by atoms with E-state index in [4.69, 9.17) is 0 Å². The van der Waals surface area contributed by atoms with Crippen molar-refractivity contribution in [1.82, 2.24) is 10.2 Å². The molecule has 0 unspecified atom stereocenters. The summed E-state index contributed by atoms with van der Waals surface area (Å²) >= 11 is 0. The molecular formula is C43H69Cl2FN2O4S. The topological polar surface area (TPSA) is 86.7 Å². The number of nitrogens with one attached hydrogen (secondary N) is 1. The molecule has 6 nitrogen and oxygen atoms in total. The lowest BCUT2D eigenvalue weighted by Crippen LogP contribution is -2.68. The normalized spacial score (nSPS) is 44.3. The Morgan fingerprint density at radius 3 is 2.23 bits per heavy atom. The third kappa shape index (κ3) is 6.64. The van der Waals surface area contributed by atoms with E-state index in [1.165, 1.54) is 68.1 Å². The van der Waals surface area contributed by atoms with E-state index >= 15 is 0 Å². The highest BCUT2D eigenvalue weighted by Crippen LogP contribution is 2.76. The maximum absolute atomic E-state index is 14.0. The van der Waals surface area contributed by atoms with Crippen LogP contribution >= 0.6 is 24.8 Å². The van der Waals surface area contributed by atoms with Crippen molar-refractivity contribution in [1.29, 1.82) is 0 Å². The highest BCUT2D eigenvalue weighted by atomic mass is 35.5. The zero-order valence-corrected chi connectivity index (χ0v) is 35.9. The molecule has 10 atom stereocenters. The second kappa shape index (κ2) is 14.8. The molecule has 5 fully saturated rings. The first-order valence-electron chi connectivity index (χ1n) is 20.4. The van der Waals surface area contributed by atoms with Crippen molar-refractivity contribution in [3.8, 4) is 0 Å². The van der Waals surface area contributed by atoms with Crippen LogP contribution in [0.3, 0.4) is 0 Å². The van der Waals surface area contributed by atoms with Gasteiger partial charge in [0.25, 0.3) is 0 Å². The second-order valence-corrected chi connectivity index (χ2v) is 22.3. The standard InChI is InChI=1S/C43H67FN2O4S.2ClH/c1-29(2)31-12-19-43(45-22-23-46-24-26-51(49,50)27-25-46)21-20-40(6)33(36(31)43)8-9-35-39(5)15-13-32(38(3,4)34(39)14-16-41(35,40)7)30-10-17-42(28-44,18-11-30)37(47)48;;/h10,13,31,33-36,45H,1,8-9,11-12,14-28H2,2-7H3,(H,47,48);2*1H/t31-,33+,34-,35+,36+,39-,40+,41+,42+,43-;;/m0../s1. The summed E-state index contributed by atoms with van der Waals surface area (Å²) in [5.41, 5.74) is 3.60. The molecule has 0 amide bonds. The first-order valence-corrected chi connectivity index (χ1v) is 22.2. The van der Waals surface area contributed by atoms with Crippen LogP contribution in [0.15, 0.2) is 35.5 Å². The Bertz CT molecular complexity index is 1600. The smallest absolute Gasteiger partial charge is 0.312 e. The summed E-state index contributed by atoms with van der Waals surface area (Å²) < 4.78 is 38.0. The van der Waals surface area contributed by atoms with Crippen LogP contribution in [0.5, 0.6) is 0 Å². The molecule has 6 aliphatic carbocycles. The van der Waals surface area contributed by atoms with Gasteiger partial charge in [0.1, 0.15) is 6.67 Å². The molecule has 2 N–H and O–H groups in total. The summed E-state index contributed by atoms with van der Waals surface area (Å²) in [6.45, 7) is 22.1. The van der Waals surface area contributed by atoms with Crippen molar-refractivity contribution in [2.75, 3.05) is 44.4 Å². The molecular weight excluding hydrogens is 730 g/mol. The largest absolute Gasteiger partial charge is 0.481 e. The SMILES string of the molecule is C=C(C)[C@@H]1CC[C@]2(NCCN3CCS(=O)(=O)CC3)CC[C@]3(C)[C@H](CC[C@@H]4[C@@]5(C)CC=C(C6=CC[C@@](CF)(C(=O)O)CC6)C(C)(C)[C@@H]5CC[C@]43C)[C@@H]12.Cl.Cl. The number of rotatable bonds is 8. The number of hydrogen-bond acceptors (Lipinski definition) is 5. The average Bonchev–Trinajstić information content (AvgIpc) is 3.46. The lowest BCUT2D eigenvalue weighted by atomic mass is 9.33. The minimum atomic E-state index is -2.87. The average molecular weight is 800 g/mol. The lowest BCUT2D eigenvalue weighted by Gasteiger charge is -2.72. The van der Waals surface area contributed by atoms with Gasteiger partial charge in [-0.2, -0.15) is 0 Å². The zero-order chi connectivity index (χ0) is 36.8. The molecule has 0 bridgehead atoms. The van der Waals surface area contributed by atoms with Crippen LogP contribution in [-0.4, -0.2) is 74.3 Å². The van der Waals surface area contributed by atoms with Gasteiger partial charge >= 0.3 is 5.97 Å². The van der Waals surface area contributed by atoms with Crippen molar-refractivity contribution < 1.29 is 22.7 Å². The Morgan fingerprint density at radius 2 is 1.62 bits per heavy atom.